The number of ether oxygens (including phenoxy) is 1. The molecule has 1 aromatic carbocycles. The van der Waals surface area contributed by atoms with E-state index in [-0.39, 0.29) is 5.60 Å². The summed E-state index contributed by atoms with van der Waals surface area (Å²) in [6.45, 7) is 11.4. The Kier molecular flexibility index (Phi) is 7.71. The van der Waals surface area contributed by atoms with Gasteiger partial charge in [0.2, 0.25) is 0 Å². The van der Waals surface area contributed by atoms with E-state index in [2.05, 4.69) is 59.2 Å². The normalized spacial score (nSPS) is 14.7. The minimum absolute atomic E-state index is 0.237. The molecule has 0 radical (unpaired) electrons. The van der Waals surface area contributed by atoms with Crippen LogP contribution in [0.1, 0.15) is 64.2 Å². The minimum Gasteiger partial charge on any atom is -0.488 e. The number of benzene rings is 1. The molecule has 0 atom stereocenters. The molecular weight excluding hydrogens is 376 g/mol. The molecule has 0 unspecified atom stereocenters. The molecule has 2 aromatic rings. The lowest BCUT2D eigenvalue weighted by atomic mass is 10.1. The van der Waals surface area contributed by atoms with Crippen LogP contribution < -0.4 is 15.4 Å². The van der Waals surface area contributed by atoms with Crippen LogP contribution in [0.3, 0.4) is 0 Å². The molecular formula is C23H36N6O. The first-order chi connectivity index (χ1) is 14.5. The molecule has 3 rings (SSSR count). The average molecular weight is 413 g/mol. The number of aromatic nitrogens is 3. The fourth-order valence-corrected chi connectivity index (χ4v) is 3.59. The maximum absolute atomic E-state index is 6.09. The van der Waals surface area contributed by atoms with Crippen LogP contribution in [-0.2, 0) is 25.9 Å². The molecule has 0 aliphatic carbocycles. The first-order valence-corrected chi connectivity index (χ1v) is 11.2. The Morgan fingerprint density at radius 2 is 1.97 bits per heavy atom. The van der Waals surface area contributed by atoms with Gasteiger partial charge in [-0.2, -0.15) is 0 Å². The molecule has 1 aliphatic heterocycles. The van der Waals surface area contributed by atoms with Gasteiger partial charge in [0.1, 0.15) is 23.0 Å². The van der Waals surface area contributed by atoms with Crippen molar-refractivity contribution >= 4 is 5.96 Å². The Balaban J connectivity index is 1.60. The lowest BCUT2D eigenvalue weighted by molar-refractivity contribution is 0.129. The summed E-state index contributed by atoms with van der Waals surface area (Å²) >= 11 is 0. The van der Waals surface area contributed by atoms with Gasteiger partial charge >= 0.3 is 0 Å². The minimum atomic E-state index is -0.237. The van der Waals surface area contributed by atoms with Crippen molar-refractivity contribution in [3.05, 3.63) is 41.5 Å². The van der Waals surface area contributed by atoms with Crippen molar-refractivity contribution in [3.8, 4) is 5.75 Å². The maximum Gasteiger partial charge on any atom is 0.191 e. The predicted octanol–water partition coefficient (Wildman–Crippen LogP) is 3.48. The molecule has 7 nitrogen and oxygen atoms in total. The highest BCUT2D eigenvalue weighted by Crippen LogP contribution is 2.23. The van der Waals surface area contributed by atoms with Crippen molar-refractivity contribution in [2.24, 2.45) is 4.99 Å². The first-order valence-electron chi connectivity index (χ1n) is 11.2. The smallest absolute Gasteiger partial charge is 0.191 e. The van der Waals surface area contributed by atoms with E-state index in [4.69, 9.17) is 9.73 Å². The largest absolute Gasteiger partial charge is 0.488 e. The van der Waals surface area contributed by atoms with Crippen LogP contribution in [0.5, 0.6) is 5.75 Å². The van der Waals surface area contributed by atoms with Gasteiger partial charge in [-0.1, -0.05) is 24.6 Å². The molecule has 164 valence electrons. The maximum atomic E-state index is 6.09. The molecule has 2 heterocycles. The van der Waals surface area contributed by atoms with Crippen molar-refractivity contribution in [1.82, 2.24) is 25.4 Å². The number of aliphatic imine (C=N–C) groups is 1. The summed E-state index contributed by atoms with van der Waals surface area (Å²) < 4.78 is 8.39. The van der Waals surface area contributed by atoms with Crippen LogP contribution in [0.15, 0.2) is 29.3 Å². The van der Waals surface area contributed by atoms with Gasteiger partial charge in [0, 0.05) is 38.0 Å². The van der Waals surface area contributed by atoms with Gasteiger partial charge in [-0.15, -0.1) is 10.2 Å². The van der Waals surface area contributed by atoms with Gasteiger partial charge in [-0.05, 0) is 46.6 Å². The number of nitrogens with one attached hydrogen (secondary N) is 2. The zero-order chi connectivity index (χ0) is 21.4. The lowest BCUT2D eigenvalue weighted by Crippen LogP contribution is -2.38. The lowest BCUT2D eigenvalue weighted by Gasteiger charge is -2.23. The summed E-state index contributed by atoms with van der Waals surface area (Å²) in [4.78, 5) is 4.77. The summed E-state index contributed by atoms with van der Waals surface area (Å²) in [7, 11) is 0. The predicted molar refractivity (Wildman–Crippen MR) is 121 cm³/mol. The Labute approximate surface area is 180 Å². The number of hydrogen-bond donors (Lipinski definition) is 2. The Bertz CT molecular complexity index is 836. The quantitative estimate of drug-likeness (QED) is 0.538. The van der Waals surface area contributed by atoms with Crippen molar-refractivity contribution in [1.29, 1.82) is 0 Å². The number of guanidine groups is 1. The van der Waals surface area contributed by atoms with Gasteiger partial charge in [0.05, 0.1) is 6.54 Å². The molecule has 2 N–H and O–H groups in total. The molecule has 30 heavy (non-hydrogen) atoms. The van der Waals surface area contributed by atoms with Crippen molar-refractivity contribution in [2.75, 3.05) is 13.1 Å². The van der Waals surface area contributed by atoms with Crippen molar-refractivity contribution in [3.63, 3.8) is 0 Å². The molecule has 0 fully saturated rings. The first kappa shape index (κ1) is 22.1. The van der Waals surface area contributed by atoms with Crippen LogP contribution >= 0.6 is 0 Å². The summed E-state index contributed by atoms with van der Waals surface area (Å²) in [5.41, 5.74) is 0.839. The Morgan fingerprint density at radius 1 is 1.13 bits per heavy atom. The van der Waals surface area contributed by atoms with E-state index in [0.29, 0.717) is 6.54 Å². The second-order valence-corrected chi connectivity index (χ2v) is 8.69. The summed E-state index contributed by atoms with van der Waals surface area (Å²) in [6.07, 6.45) is 5.58. The van der Waals surface area contributed by atoms with Crippen molar-refractivity contribution in [2.45, 2.75) is 78.5 Å². The Morgan fingerprint density at radius 3 is 2.77 bits per heavy atom. The molecule has 1 aromatic heterocycles. The highest BCUT2D eigenvalue weighted by molar-refractivity contribution is 5.79. The summed E-state index contributed by atoms with van der Waals surface area (Å²) in [6, 6.07) is 8.10. The number of nitrogens with zero attached hydrogens (tertiary/aromatic N) is 4. The van der Waals surface area contributed by atoms with Crippen LogP contribution in [0.2, 0.25) is 0 Å². The topological polar surface area (TPSA) is 76.4 Å². The van der Waals surface area contributed by atoms with E-state index < -0.39 is 0 Å². The molecule has 7 heteroatoms. The molecule has 0 bridgehead atoms. The zero-order valence-corrected chi connectivity index (χ0v) is 18.9. The third-order valence-electron chi connectivity index (χ3n) is 4.97. The number of hydrogen-bond acceptors (Lipinski definition) is 4. The van der Waals surface area contributed by atoms with Gasteiger partial charge in [-0.3, -0.25) is 0 Å². The van der Waals surface area contributed by atoms with Crippen LogP contribution in [0, 0.1) is 0 Å². The van der Waals surface area contributed by atoms with Gasteiger partial charge in [0.15, 0.2) is 5.96 Å². The van der Waals surface area contributed by atoms with E-state index in [1.165, 1.54) is 19.3 Å². The van der Waals surface area contributed by atoms with E-state index in [1.54, 1.807) is 0 Å². The molecule has 0 saturated carbocycles. The van der Waals surface area contributed by atoms with Gasteiger partial charge in [0.25, 0.3) is 0 Å². The monoisotopic (exact) mass is 412 g/mol. The van der Waals surface area contributed by atoms with E-state index in [1.807, 2.05) is 18.2 Å². The molecule has 1 aliphatic rings. The van der Waals surface area contributed by atoms with Crippen LogP contribution in [0.25, 0.3) is 0 Å². The van der Waals surface area contributed by atoms with Crippen LogP contribution in [-0.4, -0.2) is 39.4 Å². The fourth-order valence-electron chi connectivity index (χ4n) is 3.59. The number of fused-ring (bicyclic) bond motifs is 1. The molecule has 0 amide bonds. The molecule has 0 spiro atoms. The highest BCUT2D eigenvalue weighted by Gasteiger charge is 2.15. The third kappa shape index (κ3) is 6.47. The SMILES string of the molecule is CCNC(=NCc1ccccc1OC(C)(C)C)NCCc1nnc2n1CCCCC2. The standard InChI is InChI=1S/C23H36N6O/c1-5-24-22(26-17-18-11-8-9-12-19(18)30-23(2,3)4)25-15-14-21-28-27-20-13-7-6-10-16-29(20)21/h8-9,11-12H,5-7,10,13-17H2,1-4H3,(H2,24,25,26). The van der Waals surface area contributed by atoms with E-state index >= 15 is 0 Å². The Hall–Kier alpha value is -2.57. The van der Waals surface area contributed by atoms with Gasteiger partial charge < -0.3 is 19.9 Å². The second kappa shape index (κ2) is 10.5. The van der Waals surface area contributed by atoms with Gasteiger partial charge in [-0.25, -0.2) is 4.99 Å². The number of rotatable bonds is 7. The second-order valence-electron chi connectivity index (χ2n) is 8.69. The number of aryl methyl sites for hydroxylation is 1. The summed E-state index contributed by atoms with van der Waals surface area (Å²) in [5, 5.41) is 15.6. The zero-order valence-electron chi connectivity index (χ0n) is 18.9. The van der Waals surface area contributed by atoms with Crippen LogP contribution in [0.4, 0.5) is 0 Å². The number of para-hydroxylation sites is 1. The fraction of sp³-hybridized carbons (Fsp3) is 0.609. The summed E-state index contributed by atoms with van der Waals surface area (Å²) in [5.74, 6) is 3.90. The average Bonchev–Trinajstić information content (AvgIpc) is 2.92. The molecule has 0 saturated heterocycles. The highest BCUT2D eigenvalue weighted by atomic mass is 16.5. The van der Waals surface area contributed by atoms with E-state index in [9.17, 15) is 0 Å². The van der Waals surface area contributed by atoms with Crippen molar-refractivity contribution < 1.29 is 4.74 Å². The third-order valence-corrected chi connectivity index (χ3v) is 4.97. The van der Waals surface area contributed by atoms with E-state index in [0.717, 1.165) is 61.4 Å².